The predicted molar refractivity (Wildman–Crippen MR) is 188 cm³/mol. The molecular weight excluding hydrogens is 592 g/mol. The molecule has 12 unspecified atom stereocenters. The number of ether oxygens (including phenoxy) is 5. The van der Waals surface area contributed by atoms with Gasteiger partial charge < -0.3 is 33.5 Å². The van der Waals surface area contributed by atoms with Gasteiger partial charge in [-0.1, -0.05) is 54.0 Å². The zero-order valence-electron chi connectivity index (χ0n) is 31.5. The van der Waals surface area contributed by atoms with Gasteiger partial charge in [0.2, 0.25) is 0 Å². The Bertz CT molecular complexity index is 1010. The maximum atomic E-state index is 14.0. The lowest BCUT2D eigenvalue weighted by Gasteiger charge is -2.44. The van der Waals surface area contributed by atoms with E-state index in [9.17, 15) is 4.79 Å². The van der Waals surface area contributed by atoms with Crippen molar-refractivity contribution in [2.75, 3.05) is 27.2 Å². The molecule has 8 heteroatoms. The summed E-state index contributed by atoms with van der Waals surface area (Å²) < 4.78 is 33.1. The van der Waals surface area contributed by atoms with Crippen molar-refractivity contribution in [2.45, 2.75) is 150 Å². The number of terminal acetylenes is 1. The van der Waals surface area contributed by atoms with E-state index in [1.807, 2.05) is 18.9 Å². The van der Waals surface area contributed by atoms with Crippen LogP contribution in [-0.2, 0) is 28.5 Å². The summed E-state index contributed by atoms with van der Waals surface area (Å²) in [5.74, 6) is 0.597. The monoisotopic (exact) mass is 661 g/mol. The molecule has 47 heavy (non-hydrogen) atoms. The van der Waals surface area contributed by atoms with Crippen molar-refractivity contribution in [3.8, 4) is 12.5 Å². The highest BCUT2D eigenvalue weighted by atomic mass is 16.7. The van der Waals surface area contributed by atoms with Gasteiger partial charge in [-0.15, -0.1) is 6.58 Å². The minimum absolute atomic E-state index is 0.00603. The zero-order valence-corrected chi connectivity index (χ0v) is 31.5. The van der Waals surface area contributed by atoms with Crippen molar-refractivity contribution in [2.24, 2.45) is 41.4 Å². The average molecular weight is 661 g/mol. The van der Waals surface area contributed by atoms with Gasteiger partial charge in [-0.05, 0) is 89.6 Å². The van der Waals surface area contributed by atoms with Crippen LogP contribution in [0.25, 0.3) is 0 Å². The second-order valence-corrected chi connectivity index (χ2v) is 15.6. The normalized spacial score (nSPS) is 43.5. The van der Waals surface area contributed by atoms with Gasteiger partial charge >= 0.3 is 5.97 Å². The third-order valence-corrected chi connectivity index (χ3v) is 11.7. The largest absolute Gasteiger partial charge is 0.462 e. The molecule has 0 N–H and O–H groups in total. The molecule has 0 spiro atoms. The van der Waals surface area contributed by atoms with E-state index in [1.54, 1.807) is 0 Å². The van der Waals surface area contributed by atoms with E-state index < -0.39 is 24.6 Å². The predicted octanol–water partition coefficient (Wildman–Crippen LogP) is 6.97. The lowest BCUT2D eigenvalue weighted by Crippen LogP contribution is -2.50. The maximum Gasteiger partial charge on any atom is 0.311 e. The lowest BCUT2D eigenvalue weighted by atomic mass is 9.80. The molecule has 3 rings (SSSR count). The minimum atomic E-state index is -0.521. The third-order valence-electron chi connectivity index (χ3n) is 11.7. The molecule has 0 aliphatic carbocycles. The first kappa shape index (κ1) is 39.8. The Kier molecular flexibility index (Phi) is 15.6. The molecule has 3 fully saturated rings. The van der Waals surface area contributed by atoms with Gasteiger partial charge in [0, 0.05) is 44.4 Å². The van der Waals surface area contributed by atoms with Gasteiger partial charge in [0.1, 0.15) is 6.10 Å². The quantitative estimate of drug-likeness (QED) is 0.126. The molecule has 0 aromatic heterocycles. The number of nitrogens with zero attached hydrogens (tertiary/aromatic N) is 2. The van der Waals surface area contributed by atoms with E-state index in [1.165, 1.54) is 0 Å². The number of esters is 1. The Morgan fingerprint density at radius 2 is 1.60 bits per heavy atom. The summed E-state index contributed by atoms with van der Waals surface area (Å²) in [6.07, 6.45) is 11.1. The molecule has 3 aliphatic heterocycles. The number of carbonyl (C=O) groups excluding carboxylic acids is 1. The van der Waals surface area contributed by atoms with Gasteiger partial charge in [0.05, 0.1) is 30.3 Å². The first-order valence-corrected chi connectivity index (χ1v) is 18.5. The molecule has 0 saturated carbocycles. The fourth-order valence-corrected chi connectivity index (χ4v) is 8.03. The number of hydrogen-bond acceptors (Lipinski definition) is 8. The number of hydrogen-bond donors (Lipinski definition) is 0. The molecular formula is C39H68N2O6. The van der Waals surface area contributed by atoms with Crippen LogP contribution < -0.4 is 0 Å². The SMILES string of the molecule is C#CN(C)C1CC(C)OC(O[C@H]2C(C)C[C@@H](C=C)CN(C)CCC(C)C(CC)OC(=O)C(C)C(O[C@H]3CC(C)C(C)C(C)O3)C2C)C1. The summed E-state index contributed by atoms with van der Waals surface area (Å²) in [4.78, 5) is 18.3. The van der Waals surface area contributed by atoms with Crippen molar-refractivity contribution in [3.63, 3.8) is 0 Å². The van der Waals surface area contributed by atoms with Crippen molar-refractivity contribution in [1.82, 2.24) is 9.80 Å². The van der Waals surface area contributed by atoms with E-state index in [4.69, 9.17) is 30.1 Å². The highest BCUT2D eigenvalue weighted by Gasteiger charge is 2.44. The molecule has 15 atom stereocenters. The highest BCUT2D eigenvalue weighted by Crippen LogP contribution is 2.38. The van der Waals surface area contributed by atoms with Crippen LogP contribution >= 0.6 is 0 Å². The van der Waals surface area contributed by atoms with E-state index in [-0.39, 0.29) is 60.1 Å². The summed E-state index contributed by atoms with van der Waals surface area (Å²) in [6, 6.07) is 2.94. The average Bonchev–Trinajstić information content (AvgIpc) is 3.03. The zero-order chi connectivity index (χ0) is 35.0. The van der Waals surface area contributed by atoms with Crippen molar-refractivity contribution >= 4 is 5.97 Å². The summed E-state index contributed by atoms with van der Waals surface area (Å²) in [5.41, 5.74) is 0. The van der Waals surface area contributed by atoms with Crippen LogP contribution in [0.15, 0.2) is 12.7 Å². The minimum Gasteiger partial charge on any atom is -0.462 e. The smallest absolute Gasteiger partial charge is 0.311 e. The molecule has 3 heterocycles. The highest BCUT2D eigenvalue weighted by molar-refractivity contribution is 5.73. The molecule has 0 aromatic carbocycles. The molecule has 270 valence electrons. The summed E-state index contributed by atoms with van der Waals surface area (Å²) in [6.45, 7) is 25.4. The maximum absolute atomic E-state index is 14.0. The van der Waals surface area contributed by atoms with Crippen molar-refractivity contribution in [3.05, 3.63) is 12.7 Å². The number of rotatable bonds is 7. The summed E-state index contributed by atoms with van der Waals surface area (Å²) >= 11 is 0. The fourth-order valence-electron chi connectivity index (χ4n) is 8.03. The van der Waals surface area contributed by atoms with Gasteiger partial charge in [-0.25, -0.2) is 0 Å². The van der Waals surface area contributed by atoms with Crippen LogP contribution in [0.5, 0.6) is 0 Å². The van der Waals surface area contributed by atoms with Gasteiger partial charge in [0.15, 0.2) is 12.6 Å². The number of cyclic esters (lactones) is 1. The Hall–Kier alpha value is -1.63. The van der Waals surface area contributed by atoms with Crippen LogP contribution in [0.3, 0.4) is 0 Å². The molecule has 0 amide bonds. The molecule has 8 nitrogen and oxygen atoms in total. The molecule has 0 bridgehead atoms. The molecule has 3 saturated heterocycles. The van der Waals surface area contributed by atoms with Gasteiger partial charge in [-0.3, -0.25) is 4.79 Å². The molecule has 0 aromatic rings. The Balaban J connectivity index is 2.03. The van der Waals surface area contributed by atoms with Crippen molar-refractivity contribution in [1.29, 1.82) is 0 Å². The second-order valence-electron chi connectivity index (χ2n) is 15.6. The molecule has 0 radical (unpaired) electrons. The lowest BCUT2D eigenvalue weighted by molar-refractivity contribution is -0.272. The standard InChI is InChI=1S/C39H68N2O6/c1-14-32-19-26(6)37(46-36-22-33(41(13)16-3)21-27(7)43-36)29(9)38(47-35-20-25(5)28(8)31(11)44-35)30(10)39(42)45-34(15-2)24(4)17-18-40(12)23-32/h3,14,24-38H,1,15,17-23H2,2,4-13H3/t24?,25?,26?,27?,28?,29?,30?,31?,32-,33?,34?,35+,36?,37+,38?/m1/s1. The fraction of sp³-hybridized carbons (Fsp3) is 0.872. The van der Waals surface area contributed by atoms with Gasteiger partial charge in [0.25, 0.3) is 0 Å². The number of carbonyl (C=O) groups is 1. The first-order valence-electron chi connectivity index (χ1n) is 18.5. The summed E-state index contributed by atoms with van der Waals surface area (Å²) in [7, 11) is 4.13. The van der Waals surface area contributed by atoms with Crippen LogP contribution in [0.2, 0.25) is 0 Å². The van der Waals surface area contributed by atoms with E-state index in [0.717, 1.165) is 45.2 Å². The van der Waals surface area contributed by atoms with E-state index in [2.05, 4.69) is 86.0 Å². The summed E-state index contributed by atoms with van der Waals surface area (Å²) in [5, 5.41) is 0. The second kappa shape index (κ2) is 18.4. The molecule has 3 aliphatic rings. The Labute approximate surface area is 287 Å². The first-order chi connectivity index (χ1) is 22.2. The Morgan fingerprint density at radius 3 is 2.21 bits per heavy atom. The Morgan fingerprint density at radius 1 is 0.936 bits per heavy atom. The van der Waals surface area contributed by atoms with Crippen LogP contribution in [0, 0.1) is 53.9 Å². The van der Waals surface area contributed by atoms with Crippen LogP contribution in [0.1, 0.15) is 101 Å². The van der Waals surface area contributed by atoms with Crippen molar-refractivity contribution < 1.29 is 28.5 Å². The van der Waals surface area contributed by atoms with Crippen LogP contribution in [-0.4, -0.2) is 92.1 Å². The van der Waals surface area contributed by atoms with Gasteiger partial charge in [-0.2, -0.15) is 0 Å². The van der Waals surface area contributed by atoms with E-state index >= 15 is 0 Å². The third kappa shape index (κ3) is 10.9. The van der Waals surface area contributed by atoms with Crippen LogP contribution in [0.4, 0.5) is 0 Å². The van der Waals surface area contributed by atoms with E-state index in [0.29, 0.717) is 18.3 Å². The topological polar surface area (TPSA) is 69.7 Å².